The molecule has 0 fully saturated rings. The summed E-state index contributed by atoms with van der Waals surface area (Å²) in [5.41, 5.74) is 10.7. The average Bonchev–Trinajstić information content (AvgIpc) is 3.21. The molecule has 29 heavy (non-hydrogen) atoms. The number of benzene rings is 2. The van der Waals surface area contributed by atoms with Crippen LogP contribution in [-0.2, 0) is 5.54 Å². The summed E-state index contributed by atoms with van der Waals surface area (Å²) >= 11 is 0. The van der Waals surface area contributed by atoms with Crippen molar-refractivity contribution in [1.29, 1.82) is 0 Å². The number of nitrogens with one attached hydrogen (secondary N) is 1. The van der Waals surface area contributed by atoms with Gasteiger partial charge in [0.15, 0.2) is 0 Å². The first kappa shape index (κ1) is 19.0. The van der Waals surface area contributed by atoms with Crippen molar-refractivity contribution in [3.8, 4) is 5.75 Å². The summed E-state index contributed by atoms with van der Waals surface area (Å²) in [6.07, 6.45) is 3.34. The fraction of sp³-hybridized carbons (Fsp3) is 0.160. The molecule has 0 amide bonds. The van der Waals surface area contributed by atoms with Crippen LogP contribution >= 0.6 is 0 Å². The maximum atomic E-state index is 6.41. The van der Waals surface area contributed by atoms with Gasteiger partial charge in [-0.3, -0.25) is 0 Å². The third-order valence-electron chi connectivity index (χ3n) is 5.08. The molecule has 2 aromatic heterocycles. The number of pyridine rings is 1. The monoisotopic (exact) mass is 383 g/mol. The second kappa shape index (κ2) is 7.57. The molecule has 0 radical (unpaired) electrons. The predicted octanol–water partition coefficient (Wildman–Crippen LogP) is 5.59. The van der Waals surface area contributed by atoms with E-state index in [0.29, 0.717) is 0 Å². The van der Waals surface area contributed by atoms with Crippen LogP contribution in [0.4, 0.5) is 0 Å². The third-order valence-corrected chi connectivity index (χ3v) is 5.08. The van der Waals surface area contributed by atoms with Gasteiger partial charge in [-0.25, -0.2) is 4.98 Å². The van der Waals surface area contributed by atoms with Crippen LogP contribution in [0, 0.1) is 0 Å². The normalized spacial score (nSPS) is 12.7. The second-order valence-electron chi connectivity index (χ2n) is 7.78. The van der Waals surface area contributed by atoms with Crippen LogP contribution in [-0.4, -0.2) is 9.97 Å². The topological polar surface area (TPSA) is 63.9 Å². The average molecular weight is 383 g/mol. The number of aromatic nitrogens is 2. The predicted molar refractivity (Wildman–Crippen MR) is 119 cm³/mol. The van der Waals surface area contributed by atoms with Gasteiger partial charge in [0.1, 0.15) is 17.5 Å². The van der Waals surface area contributed by atoms with Crippen molar-refractivity contribution in [2.75, 3.05) is 0 Å². The number of nitrogens with two attached hydrogens (primary N) is 1. The molecule has 4 aromatic rings. The molecule has 146 valence electrons. The van der Waals surface area contributed by atoms with E-state index in [4.69, 9.17) is 10.5 Å². The van der Waals surface area contributed by atoms with E-state index in [1.165, 1.54) is 0 Å². The van der Waals surface area contributed by atoms with Gasteiger partial charge in [0.2, 0.25) is 0 Å². The van der Waals surface area contributed by atoms with Crippen molar-refractivity contribution in [3.05, 3.63) is 102 Å². The fourth-order valence-corrected chi connectivity index (χ4v) is 3.45. The highest BCUT2D eigenvalue weighted by molar-refractivity contribution is 5.90. The highest BCUT2D eigenvalue weighted by Crippen LogP contribution is 2.36. The Morgan fingerprint density at radius 1 is 1.03 bits per heavy atom. The van der Waals surface area contributed by atoms with Crippen molar-refractivity contribution in [3.63, 3.8) is 0 Å². The Balaban J connectivity index is 1.76. The first-order chi connectivity index (χ1) is 13.9. The lowest BCUT2D eigenvalue weighted by Crippen LogP contribution is -2.28. The number of H-pyrrole nitrogens is 1. The first-order valence-electron chi connectivity index (χ1n) is 9.66. The summed E-state index contributed by atoms with van der Waals surface area (Å²) in [5.74, 6) is 0.793. The molecule has 0 saturated carbocycles. The molecule has 0 saturated heterocycles. The lowest BCUT2D eigenvalue weighted by Gasteiger charge is -2.24. The molecule has 4 rings (SSSR count). The maximum Gasteiger partial charge on any atom is 0.149 e. The Labute approximate surface area is 171 Å². The molecule has 2 heterocycles. The highest BCUT2D eigenvalue weighted by Gasteiger charge is 2.22. The van der Waals surface area contributed by atoms with Gasteiger partial charge in [0.25, 0.3) is 0 Å². The SMILES string of the molecule is C=C(c1ccnc2[nH]ccc12)C(Oc1ccccc1)c1ccc(C(C)(C)N)cc1. The number of nitrogens with zero attached hydrogens (tertiary/aromatic N) is 1. The Kier molecular flexibility index (Phi) is 4.95. The molecule has 0 aliphatic carbocycles. The van der Waals surface area contributed by atoms with E-state index in [9.17, 15) is 0 Å². The summed E-state index contributed by atoms with van der Waals surface area (Å²) in [7, 11) is 0. The van der Waals surface area contributed by atoms with Crippen LogP contribution in [0.2, 0.25) is 0 Å². The molecule has 4 nitrogen and oxygen atoms in total. The van der Waals surface area contributed by atoms with E-state index >= 15 is 0 Å². The number of aromatic amines is 1. The number of fused-ring (bicyclic) bond motifs is 1. The van der Waals surface area contributed by atoms with Gasteiger partial charge in [0, 0.05) is 23.3 Å². The molecule has 1 unspecified atom stereocenters. The van der Waals surface area contributed by atoms with Gasteiger partial charge in [-0.1, -0.05) is 49.0 Å². The van der Waals surface area contributed by atoms with E-state index in [-0.39, 0.29) is 6.10 Å². The zero-order valence-corrected chi connectivity index (χ0v) is 16.7. The molecule has 4 heteroatoms. The van der Waals surface area contributed by atoms with Crippen molar-refractivity contribution in [2.45, 2.75) is 25.5 Å². The molecular formula is C25H25N3O. The maximum absolute atomic E-state index is 6.41. The van der Waals surface area contributed by atoms with Crippen LogP contribution in [0.25, 0.3) is 16.6 Å². The Morgan fingerprint density at radius 2 is 1.76 bits per heavy atom. The molecule has 0 aliphatic rings. The summed E-state index contributed by atoms with van der Waals surface area (Å²) < 4.78 is 6.41. The molecule has 0 bridgehead atoms. The van der Waals surface area contributed by atoms with Crippen molar-refractivity contribution < 1.29 is 4.74 Å². The summed E-state index contributed by atoms with van der Waals surface area (Å²) in [5, 5.41) is 1.03. The Hall–Kier alpha value is -3.37. The number of hydrogen-bond acceptors (Lipinski definition) is 3. The van der Waals surface area contributed by atoms with E-state index in [0.717, 1.165) is 39.0 Å². The van der Waals surface area contributed by atoms with Gasteiger partial charge in [-0.05, 0) is 60.4 Å². The summed E-state index contributed by atoms with van der Waals surface area (Å²) in [4.78, 5) is 7.55. The zero-order chi connectivity index (χ0) is 20.4. The molecule has 1 atom stereocenters. The van der Waals surface area contributed by atoms with Gasteiger partial charge < -0.3 is 15.5 Å². The molecule has 0 spiro atoms. The van der Waals surface area contributed by atoms with Crippen LogP contribution in [0.3, 0.4) is 0 Å². The standard InChI is InChI=1S/C25H25N3O/c1-17(21-13-15-27-24-22(21)14-16-28-24)23(29-20-7-5-4-6-8-20)18-9-11-19(12-10-18)25(2,3)26/h4-16,23H,1,26H2,2-3H3,(H,27,28). The van der Waals surface area contributed by atoms with E-state index in [1.54, 1.807) is 6.20 Å². The number of hydrogen-bond donors (Lipinski definition) is 2. The van der Waals surface area contributed by atoms with Crippen LogP contribution < -0.4 is 10.5 Å². The van der Waals surface area contributed by atoms with Crippen LogP contribution in [0.15, 0.2) is 85.7 Å². The minimum Gasteiger partial charge on any atom is -0.481 e. The molecule has 3 N–H and O–H groups in total. The highest BCUT2D eigenvalue weighted by atomic mass is 16.5. The van der Waals surface area contributed by atoms with Crippen molar-refractivity contribution in [1.82, 2.24) is 9.97 Å². The van der Waals surface area contributed by atoms with Gasteiger partial charge in [-0.15, -0.1) is 0 Å². The minimum absolute atomic E-state index is 0.340. The second-order valence-corrected chi connectivity index (χ2v) is 7.78. The van der Waals surface area contributed by atoms with Gasteiger partial charge in [-0.2, -0.15) is 0 Å². The molecule has 2 aromatic carbocycles. The van der Waals surface area contributed by atoms with E-state index < -0.39 is 5.54 Å². The zero-order valence-electron chi connectivity index (χ0n) is 16.7. The quantitative estimate of drug-likeness (QED) is 0.456. The molecular weight excluding hydrogens is 358 g/mol. The van der Waals surface area contributed by atoms with Gasteiger partial charge in [0.05, 0.1) is 0 Å². The minimum atomic E-state index is -0.395. The lowest BCUT2D eigenvalue weighted by molar-refractivity contribution is 0.265. The Bertz CT molecular complexity index is 1120. The number of para-hydroxylation sites is 1. The van der Waals surface area contributed by atoms with Crippen LogP contribution in [0.1, 0.15) is 36.6 Å². The Morgan fingerprint density at radius 3 is 2.45 bits per heavy atom. The van der Waals surface area contributed by atoms with E-state index in [1.807, 2.05) is 62.5 Å². The van der Waals surface area contributed by atoms with Crippen molar-refractivity contribution >= 4 is 16.6 Å². The fourth-order valence-electron chi connectivity index (χ4n) is 3.45. The largest absolute Gasteiger partial charge is 0.481 e. The number of ether oxygens (including phenoxy) is 1. The van der Waals surface area contributed by atoms with Crippen LogP contribution in [0.5, 0.6) is 5.75 Å². The summed E-state index contributed by atoms with van der Waals surface area (Å²) in [6, 6.07) is 22.1. The lowest BCUT2D eigenvalue weighted by atomic mass is 9.91. The third kappa shape index (κ3) is 3.93. The smallest absolute Gasteiger partial charge is 0.149 e. The van der Waals surface area contributed by atoms with Gasteiger partial charge >= 0.3 is 0 Å². The summed E-state index contributed by atoms with van der Waals surface area (Å²) in [6.45, 7) is 8.40. The van der Waals surface area contributed by atoms with Crippen molar-refractivity contribution in [2.24, 2.45) is 5.73 Å². The number of rotatable bonds is 6. The first-order valence-corrected chi connectivity index (χ1v) is 9.66. The van der Waals surface area contributed by atoms with E-state index in [2.05, 4.69) is 40.8 Å². The molecule has 0 aliphatic heterocycles.